The molecule has 1 heterocycles. The summed E-state index contributed by atoms with van der Waals surface area (Å²) in [7, 11) is 0. The van der Waals surface area contributed by atoms with Gasteiger partial charge in [-0.05, 0) is 18.6 Å². The van der Waals surface area contributed by atoms with Crippen LogP contribution in [-0.2, 0) is 0 Å². The lowest BCUT2D eigenvalue weighted by Crippen LogP contribution is -2.23. The predicted molar refractivity (Wildman–Crippen MR) is 67.4 cm³/mol. The van der Waals surface area contributed by atoms with Gasteiger partial charge in [-0.3, -0.25) is 4.79 Å². The van der Waals surface area contributed by atoms with Crippen molar-refractivity contribution in [2.45, 2.75) is 6.92 Å². The van der Waals surface area contributed by atoms with E-state index in [0.717, 1.165) is 16.9 Å². The highest BCUT2D eigenvalue weighted by molar-refractivity contribution is 7.11. The fourth-order valence-electron chi connectivity index (χ4n) is 1.42. The zero-order valence-corrected chi connectivity index (χ0v) is 10.9. The Kier molecular flexibility index (Phi) is 3.91. The van der Waals surface area contributed by atoms with E-state index in [1.165, 1.54) is 5.38 Å². The maximum absolute atomic E-state index is 11.8. The minimum Gasteiger partial charge on any atom is -0.543 e. The molecule has 0 spiro atoms. The molecule has 1 aromatic heterocycles. The second-order valence-corrected chi connectivity index (χ2v) is 4.66. The summed E-state index contributed by atoms with van der Waals surface area (Å²) in [5.74, 6) is -1.14. The molecule has 2 rings (SSSR count). The van der Waals surface area contributed by atoms with E-state index < -0.39 is 5.97 Å². The summed E-state index contributed by atoms with van der Waals surface area (Å²) in [5.41, 5.74) is 0.689. The maximum Gasteiger partial charge on any atom is 0.228 e. The quantitative estimate of drug-likeness (QED) is 0.763. The van der Waals surface area contributed by atoms with Gasteiger partial charge in [-0.25, -0.2) is 4.98 Å². The van der Waals surface area contributed by atoms with Crippen LogP contribution < -0.4 is 9.84 Å². The summed E-state index contributed by atoms with van der Waals surface area (Å²) >= 11 is 0.964. The van der Waals surface area contributed by atoms with E-state index in [-0.39, 0.29) is 23.1 Å². The van der Waals surface area contributed by atoms with Gasteiger partial charge < -0.3 is 14.6 Å². The third-order valence-electron chi connectivity index (χ3n) is 2.40. The van der Waals surface area contributed by atoms with Crippen molar-refractivity contribution in [3.05, 3.63) is 45.9 Å². The number of carbonyl (C=O) groups excluding carboxylic acids is 2. The molecule has 98 valence electrons. The number of rotatable bonds is 5. The first-order chi connectivity index (χ1) is 9.08. The van der Waals surface area contributed by atoms with Gasteiger partial charge in [-0.15, -0.1) is 11.3 Å². The molecule has 0 saturated heterocycles. The molecule has 5 nitrogen and oxygen atoms in total. The lowest BCUT2D eigenvalue weighted by molar-refractivity contribution is -0.255. The highest BCUT2D eigenvalue weighted by atomic mass is 32.1. The van der Waals surface area contributed by atoms with Crippen molar-refractivity contribution in [3.8, 4) is 5.75 Å². The number of carbonyl (C=O) groups is 2. The summed E-state index contributed by atoms with van der Waals surface area (Å²) in [5, 5.41) is 11.9. The molecular weight excluding hydrogens is 266 g/mol. The number of thiazole rings is 1. The highest BCUT2D eigenvalue weighted by Crippen LogP contribution is 2.17. The molecule has 0 amide bonds. The molecule has 0 unspecified atom stereocenters. The molecule has 0 saturated carbocycles. The number of nitrogens with zero attached hydrogens (tertiary/aromatic N) is 1. The Bertz CT molecular complexity index is 621. The second-order valence-electron chi connectivity index (χ2n) is 3.80. The van der Waals surface area contributed by atoms with Gasteiger partial charge >= 0.3 is 0 Å². The Morgan fingerprint density at radius 3 is 2.74 bits per heavy atom. The third-order valence-corrected chi connectivity index (χ3v) is 3.29. The van der Waals surface area contributed by atoms with Gasteiger partial charge in [0, 0.05) is 5.38 Å². The normalized spacial score (nSPS) is 10.2. The van der Waals surface area contributed by atoms with Crippen LogP contribution in [0.1, 0.15) is 25.9 Å². The number of hydrogen-bond acceptors (Lipinski definition) is 6. The molecule has 2 aromatic rings. The van der Waals surface area contributed by atoms with E-state index >= 15 is 0 Å². The zero-order valence-electron chi connectivity index (χ0n) is 10.1. The number of benzene rings is 1. The molecule has 0 aliphatic carbocycles. The molecule has 0 atom stereocenters. The van der Waals surface area contributed by atoms with Gasteiger partial charge in [-0.2, -0.15) is 0 Å². The van der Waals surface area contributed by atoms with Crippen LogP contribution in [0.5, 0.6) is 5.75 Å². The van der Waals surface area contributed by atoms with E-state index in [0.29, 0.717) is 5.75 Å². The second kappa shape index (κ2) is 5.62. The number of ether oxygens (including phenoxy) is 1. The predicted octanol–water partition coefficient (Wildman–Crippen LogP) is 1.08. The van der Waals surface area contributed by atoms with Crippen molar-refractivity contribution in [1.29, 1.82) is 0 Å². The zero-order chi connectivity index (χ0) is 13.8. The maximum atomic E-state index is 11.8. The Morgan fingerprint density at radius 2 is 2.11 bits per heavy atom. The van der Waals surface area contributed by atoms with Gasteiger partial charge in [-0.1, -0.05) is 18.2 Å². The number of aromatic nitrogens is 1. The molecule has 19 heavy (non-hydrogen) atoms. The number of ketones is 1. The molecule has 0 bridgehead atoms. The standard InChI is InChI=1S/C13H11NO4S/c1-8-4-2-3-5-11(8)18-6-10(15)12-14-9(7-19-12)13(16)17/h2-5,7H,6H2,1H3,(H,16,17)/p-1. The number of carboxylic acid groups (broad SMARTS) is 1. The Hall–Kier alpha value is -2.21. The summed E-state index contributed by atoms with van der Waals surface area (Å²) < 4.78 is 5.38. The van der Waals surface area contributed by atoms with Crippen LogP contribution in [0.3, 0.4) is 0 Å². The molecule has 0 N–H and O–H groups in total. The van der Waals surface area contributed by atoms with E-state index in [1.807, 2.05) is 25.1 Å². The molecule has 0 radical (unpaired) electrons. The Morgan fingerprint density at radius 1 is 1.37 bits per heavy atom. The first-order valence-electron chi connectivity index (χ1n) is 5.46. The van der Waals surface area contributed by atoms with Crippen LogP contribution in [0.4, 0.5) is 0 Å². The van der Waals surface area contributed by atoms with Crippen molar-refractivity contribution in [1.82, 2.24) is 4.98 Å². The summed E-state index contributed by atoms with van der Waals surface area (Å²) in [6, 6.07) is 7.32. The topological polar surface area (TPSA) is 79.3 Å². The third kappa shape index (κ3) is 3.17. The first-order valence-corrected chi connectivity index (χ1v) is 6.34. The molecule has 0 aliphatic rings. The fourth-order valence-corrected chi connectivity index (χ4v) is 2.13. The minimum atomic E-state index is -1.39. The van der Waals surface area contributed by atoms with E-state index in [9.17, 15) is 14.7 Å². The van der Waals surface area contributed by atoms with E-state index in [1.54, 1.807) is 6.07 Å². The average Bonchev–Trinajstić information content (AvgIpc) is 2.87. The first kappa shape index (κ1) is 13.2. The minimum absolute atomic E-state index is 0.104. The van der Waals surface area contributed by atoms with Gasteiger partial charge in [0.05, 0.1) is 11.7 Å². The molecule has 0 aliphatic heterocycles. The summed E-state index contributed by atoms with van der Waals surface area (Å²) in [4.78, 5) is 26.0. The smallest absolute Gasteiger partial charge is 0.228 e. The van der Waals surface area contributed by atoms with Crippen molar-refractivity contribution >= 4 is 23.1 Å². The van der Waals surface area contributed by atoms with Crippen molar-refractivity contribution in [2.75, 3.05) is 6.61 Å². The molecule has 6 heteroatoms. The van der Waals surface area contributed by atoms with Crippen LogP contribution in [0.25, 0.3) is 0 Å². The SMILES string of the molecule is Cc1ccccc1OCC(=O)c1nc(C(=O)[O-])cs1. The Labute approximate surface area is 113 Å². The number of para-hydroxylation sites is 1. The average molecular weight is 276 g/mol. The number of aromatic carboxylic acids is 1. The van der Waals surface area contributed by atoms with Gasteiger partial charge in [0.15, 0.2) is 11.6 Å². The number of aryl methyl sites for hydroxylation is 1. The summed E-state index contributed by atoms with van der Waals surface area (Å²) in [6.45, 7) is 1.70. The molecular formula is C13H10NO4S-. The van der Waals surface area contributed by atoms with Crippen molar-refractivity contribution in [2.24, 2.45) is 0 Å². The number of hydrogen-bond donors (Lipinski definition) is 0. The number of Topliss-reactive ketones (excluding diaryl/α,β-unsaturated/α-hetero) is 1. The lowest BCUT2D eigenvalue weighted by Gasteiger charge is -2.06. The summed E-state index contributed by atoms with van der Waals surface area (Å²) in [6.07, 6.45) is 0. The van der Waals surface area contributed by atoms with Crippen molar-refractivity contribution in [3.63, 3.8) is 0 Å². The number of carboxylic acids is 1. The van der Waals surface area contributed by atoms with Crippen LogP contribution in [-0.4, -0.2) is 23.3 Å². The van der Waals surface area contributed by atoms with Crippen LogP contribution in [0.2, 0.25) is 0 Å². The van der Waals surface area contributed by atoms with Crippen LogP contribution in [0, 0.1) is 6.92 Å². The van der Waals surface area contributed by atoms with Crippen molar-refractivity contribution < 1.29 is 19.4 Å². The Balaban J connectivity index is 2.01. The largest absolute Gasteiger partial charge is 0.543 e. The van der Waals surface area contributed by atoms with E-state index in [2.05, 4.69) is 4.98 Å². The molecule has 1 aromatic carbocycles. The monoisotopic (exact) mass is 276 g/mol. The highest BCUT2D eigenvalue weighted by Gasteiger charge is 2.13. The molecule has 0 fully saturated rings. The fraction of sp³-hybridized carbons (Fsp3) is 0.154. The van der Waals surface area contributed by atoms with Crippen LogP contribution in [0.15, 0.2) is 29.6 Å². The van der Waals surface area contributed by atoms with Gasteiger partial charge in [0.2, 0.25) is 5.78 Å². The van der Waals surface area contributed by atoms with Gasteiger partial charge in [0.25, 0.3) is 0 Å². The van der Waals surface area contributed by atoms with Crippen LogP contribution >= 0.6 is 11.3 Å². The lowest BCUT2D eigenvalue weighted by atomic mass is 10.2. The van der Waals surface area contributed by atoms with Gasteiger partial charge in [0.1, 0.15) is 5.75 Å². The van der Waals surface area contributed by atoms with E-state index in [4.69, 9.17) is 4.74 Å².